The number of fused-ring (bicyclic) bond motifs is 1. The summed E-state index contributed by atoms with van der Waals surface area (Å²) in [5.74, 6) is -0.140. The van der Waals surface area contributed by atoms with Crippen molar-refractivity contribution in [3.05, 3.63) is 77.9 Å². The normalized spacial score (nSPS) is 16.5. The molecule has 0 N–H and O–H groups in total. The van der Waals surface area contributed by atoms with E-state index in [1.165, 1.54) is 35.2 Å². The Morgan fingerprint density at radius 2 is 1.85 bits per heavy atom. The molecular weight excluding hydrogens is 340 g/mol. The van der Waals surface area contributed by atoms with Crippen LogP contribution in [0.2, 0.25) is 0 Å². The first kappa shape index (κ1) is 16.3. The van der Waals surface area contributed by atoms with Crippen LogP contribution >= 0.6 is 0 Å². The maximum atomic E-state index is 14.5. The lowest BCUT2D eigenvalue weighted by molar-refractivity contribution is 0.0903. The standard InChI is InChI=1S/C19H15F2N3O2/c20-13-6-8-15(9-7-13)23-11-18(21)24-17(19(23)25)10-14(22-24)12-26-16-4-2-1-3-5-16/h1-10,18H,11-12H2/t18-/m0/s1. The minimum atomic E-state index is -1.49. The van der Waals surface area contributed by atoms with Crippen LogP contribution in [0.25, 0.3) is 0 Å². The lowest BCUT2D eigenvalue weighted by Gasteiger charge is -2.29. The first-order chi connectivity index (χ1) is 12.6. The van der Waals surface area contributed by atoms with Gasteiger partial charge >= 0.3 is 0 Å². The highest BCUT2D eigenvalue weighted by molar-refractivity contribution is 6.05. The summed E-state index contributed by atoms with van der Waals surface area (Å²) >= 11 is 0. The van der Waals surface area contributed by atoms with Gasteiger partial charge in [0.1, 0.15) is 29.6 Å². The average molecular weight is 355 g/mol. The zero-order chi connectivity index (χ0) is 18.1. The molecule has 0 saturated heterocycles. The third kappa shape index (κ3) is 3.03. The number of hydrogen-bond donors (Lipinski definition) is 0. The minimum absolute atomic E-state index is 0.126. The molecule has 5 nitrogen and oxygen atoms in total. The molecule has 0 saturated carbocycles. The molecule has 132 valence electrons. The van der Waals surface area contributed by atoms with Crippen molar-refractivity contribution in [2.24, 2.45) is 0 Å². The lowest BCUT2D eigenvalue weighted by Crippen LogP contribution is -2.42. The molecule has 1 aromatic heterocycles. The van der Waals surface area contributed by atoms with Gasteiger partial charge in [0, 0.05) is 5.69 Å². The van der Waals surface area contributed by atoms with E-state index in [4.69, 9.17) is 4.74 Å². The molecule has 0 spiro atoms. The summed E-state index contributed by atoms with van der Waals surface area (Å²) in [7, 11) is 0. The van der Waals surface area contributed by atoms with Gasteiger partial charge in [-0.3, -0.25) is 4.79 Å². The van der Waals surface area contributed by atoms with Gasteiger partial charge in [-0.2, -0.15) is 5.10 Å². The number of hydrogen-bond acceptors (Lipinski definition) is 3. The van der Waals surface area contributed by atoms with Gasteiger partial charge < -0.3 is 9.64 Å². The Bertz CT molecular complexity index is 926. The van der Waals surface area contributed by atoms with Crippen molar-refractivity contribution < 1.29 is 18.3 Å². The first-order valence-corrected chi connectivity index (χ1v) is 8.09. The third-order valence-electron chi connectivity index (χ3n) is 4.12. The number of para-hydroxylation sites is 1. The Balaban J connectivity index is 1.56. The molecule has 7 heteroatoms. The fourth-order valence-corrected chi connectivity index (χ4v) is 2.86. The minimum Gasteiger partial charge on any atom is -0.487 e. The van der Waals surface area contributed by atoms with Crippen molar-refractivity contribution in [1.82, 2.24) is 9.78 Å². The molecule has 1 aliphatic rings. The number of benzene rings is 2. The van der Waals surface area contributed by atoms with Crippen LogP contribution in [-0.4, -0.2) is 22.2 Å². The summed E-state index contributed by atoms with van der Waals surface area (Å²) < 4.78 is 34.3. The van der Waals surface area contributed by atoms with Crippen molar-refractivity contribution in [3.8, 4) is 5.75 Å². The molecule has 0 aliphatic carbocycles. The number of ether oxygens (including phenoxy) is 1. The monoisotopic (exact) mass is 355 g/mol. The van der Waals surface area contributed by atoms with Crippen LogP contribution in [0.5, 0.6) is 5.75 Å². The highest BCUT2D eigenvalue weighted by Crippen LogP contribution is 2.28. The zero-order valence-electron chi connectivity index (χ0n) is 13.7. The zero-order valence-corrected chi connectivity index (χ0v) is 13.7. The van der Waals surface area contributed by atoms with E-state index in [1.54, 1.807) is 12.1 Å². The van der Waals surface area contributed by atoms with Gasteiger partial charge in [-0.15, -0.1) is 0 Å². The van der Waals surface area contributed by atoms with Gasteiger partial charge in [-0.1, -0.05) is 18.2 Å². The quantitative estimate of drug-likeness (QED) is 0.716. The predicted molar refractivity (Wildman–Crippen MR) is 91.2 cm³/mol. The highest BCUT2D eigenvalue weighted by Gasteiger charge is 2.33. The van der Waals surface area contributed by atoms with Crippen LogP contribution in [-0.2, 0) is 6.61 Å². The summed E-state index contributed by atoms with van der Waals surface area (Å²) in [6.07, 6.45) is -1.49. The van der Waals surface area contributed by atoms with Crippen LogP contribution in [0.4, 0.5) is 14.5 Å². The summed E-state index contributed by atoms with van der Waals surface area (Å²) in [5, 5.41) is 4.15. The highest BCUT2D eigenvalue weighted by atomic mass is 19.1. The molecule has 2 heterocycles. The fourth-order valence-electron chi connectivity index (χ4n) is 2.86. The largest absolute Gasteiger partial charge is 0.487 e. The molecular formula is C19H15F2N3O2. The number of rotatable bonds is 4. The van der Waals surface area contributed by atoms with E-state index in [2.05, 4.69) is 5.10 Å². The smallest absolute Gasteiger partial charge is 0.276 e. The summed E-state index contributed by atoms with van der Waals surface area (Å²) in [5.41, 5.74) is 1.04. The number of anilines is 1. The van der Waals surface area contributed by atoms with Crippen LogP contribution < -0.4 is 9.64 Å². The SMILES string of the molecule is O=C1c2cc(COc3ccccc3)nn2[C@H](F)CN1c1ccc(F)cc1. The number of amides is 1. The Morgan fingerprint density at radius 1 is 1.12 bits per heavy atom. The number of carbonyl (C=O) groups is 1. The number of nitrogens with zero attached hydrogens (tertiary/aromatic N) is 3. The van der Waals surface area contributed by atoms with Gasteiger partial charge in [0.25, 0.3) is 5.91 Å². The molecule has 4 rings (SSSR count). The van der Waals surface area contributed by atoms with Crippen molar-refractivity contribution in [2.45, 2.75) is 12.9 Å². The number of aromatic nitrogens is 2. The van der Waals surface area contributed by atoms with Crippen LogP contribution in [0, 0.1) is 5.82 Å². The van der Waals surface area contributed by atoms with Gasteiger partial charge in [0.2, 0.25) is 6.30 Å². The number of alkyl halides is 1. The Kier molecular flexibility index (Phi) is 4.12. The third-order valence-corrected chi connectivity index (χ3v) is 4.12. The van der Waals surface area contributed by atoms with E-state index in [1.807, 2.05) is 18.2 Å². The van der Waals surface area contributed by atoms with Crippen LogP contribution in [0.3, 0.4) is 0 Å². The van der Waals surface area contributed by atoms with E-state index in [0.29, 0.717) is 17.1 Å². The van der Waals surface area contributed by atoms with Crippen molar-refractivity contribution in [3.63, 3.8) is 0 Å². The topological polar surface area (TPSA) is 47.4 Å². The molecule has 2 aromatic carbocycles. The fraction of sp³-hybridized carbons (Fsp3) is 0.158. The number of carbonyl (C=O) groups excluding carboxylic acids is 1. The maximum absolute atomic E-state index is 14.5. The van der Waals surface area contributed by atoms with Gasteiger partial charge in [-0.05, 0) is 42.5 Å². The molecule has 1 atom stereocenters. The summed E-state index contributed by atoms with van der Waals surface area (Å²) in [6, 6.07) is 16.1. The van der Waals surface area contributed by atoms with E-state index < -0.39 is 12.1 Å². The molecule has 0 unspecified atom stereocenters. The van der Waals surface area contributed by atoms with Crippen molar-refractivity contribution >= 4 is 11.6 Å². The Labute approximate surface area is 148 Å². The lowest BCUT2D eigenvalue weighted by atomic mass is 10.2. The second kappa shape index (κ2) is 6.59. The second-order valence-electron chi connectivity index (χ2n) is 5.89. The van der Waals surface area contributed by atoms with Crippen LogP contribution in [0.1, 0.15) is 22.5 Å². The van der Waals surface area contributed by atoms with E-state index in [9.17, 15) is 13.6 Å². The van der Waals surface area contributed by atoms with E-state index >= 15 is 0 Å². The molecule has 26 heavy (non-hydrogen) atoms. The molecule has 1 amide bonds. The van der Waals surface area contributed by atoms with Gasteiger partial charge in [0.15, 0.2) is 0 Å². The maximum Gasteiger partial charge on any atom is 0.276 e. The van der Waals surface area contributed by atoms with E-state index in [0.717, 1.165) is 4.68 Å². The summed E-state index contributed by atoms with van der Waals surface area (Å²) in [4.78, 5) is 14.0. The van der Waals surface area contributed by atoms with Crippen LogP contribution in [0.15, 0.2) is 60.7 Å². The molecule has 0 radical (unpaired) electrons. The van der Waals surface area contributed by atoms with Crippen molar-refractivity contribution in [2.75, 3.05) is 11.4 Å². The molecule has 1 aliphatic heterocycles. The van der Waals surface area contributed by atoms with Gasteiger partial charge in [-0.25, -0.2) is 13.5 Å². The average Bonchev–Trinajstić information content (AvgIpc) is 3.10. The second-order valence-corrected chi connectivity index (χ2v) is 5.89. The Morgan fingerprint density at radius 3 is 2.58 bits per heavy atom. The van der Waals surface area contributed by atoms with Crippen molar-refractivity contribution in [1.29, 1.82) is 0 Å². The predicted octanol–water partition coefficient (Wildman–Crippen LogP) is 3.73. The summed E-state index contributed by atoms with van der Waals surface area (Å²) in [6.45, 7) is -0.0569. The first-order valence-electron chi connectivity index (χ1n) is 8.09. The number of halogens is 2. The van der Waals surface area contributed by atoms with E-state index in [-0.39, 0.29) is 24.8 Å². The molecule has 0 bridgehead atoms. The Hall–Kier alpha value is -3.22. The van der Waals surface area contributed by atoms with Gasteiger partial charge in [0.05, 0.1) is 6.54 Å². The molecule has 0 fully saturated rings. The molecule has 3 aromatic rings.